The van der Waals surface area contributed by atoms with Gasteiger partial charge in [0.15, 0.2) is 5.82 Å². The third kappa shape index (κ3) is 3.44. The van der Waals surface area contributed by atoms with Gasteiger partial charge in [0.2, 0.25) is 0 Å². The van der Waals surface area contributed by atoms with Gasteiger partial charge in [0.25, 0.3) is 0 Å². The van der Waals surface area contributed by atoms with Crippen LogP contribution in [-0.4, -0.2) is 20.2 Å². The van der Waals surface area contributed by atoms with Crippen LogP contribution >= 0.6 is 0 Å². The van der Waals surface area contributed by atoms with Crippen molar-refractivity contribution in [1.82, 2.24) is 20.2 Å². The van der Waals surface area contributed by atoms with Crippen molar-refractivity contribution < 1.29 is 0 Å². The summed E-state index contributed by atoms with van der Waals surface area (Å²) in [6.45, 7) is 9.70. The summed E-state index contributed by atoms with van der Waals surface area (Å²) in [4.78, 5) is 0. The Kier molecular flexibility index (Phi) is 4.04. The van der Waals surface area contributed by atoms with E-state index in [-0.39, 0.29) is 0 Å². The van der Waals surface area contributed by atoms with E-state index in [1.807, 2.05) is 4.68 Å². The first-order chi connectivity index (χ1) is 6.59. The molecule has 0 spiro atoms. The van der Waals surface area contributed by atoms with Crippen LogP contribution in [0, 0.1) is 11.8 Å². The molecule has 0 amide bonds. The van der Waals surface area contributed by atoms with Crippen molar-refractivity contribution in [1.29, 1.82) is 0 Å². The number of tetrazole rings is 1. The molecule has 1 aromatic heterocycles. The maximum absolute atomic E-state index is 4.04. The molecule has 0 aliphatic carbocycles. The number of aromatic nitrogens is 4. The van der Waals surface area contributed by atoms with E-state index in [0.717, 1.165) is 25.2 Å². The SMILES string of the molecule is CC(C)CCc1nnnn1CC(C)C. The van der Waals surface area contributed by atoms with Gasteiger partial charge in [-0.25, -0.2) is 4.68 Å². The molecule has 14 heavy (non-hydrogen) atoms. The molecule has 0 bridgehead atoms. The highest BCUT2D eigenvalue weighted by Gasteiger charge is 2.07. The van der Waals surface area contributed by atoms with E-state index in [2.05, 4.69) is 43.2 Å². The molecular formula is C10H20N4. The Morgan fingerprint density at radius 2 is 1.86 bits per heavy atom. The predicted octanol–water partition coefficient (Wildman–Crippen LogP) is 1.92. The first kappa shape index (κ1) is 11.1. The van der Waals surface area contributed by atoms with Gasteiger partial charge in [-0.05, 0) is 28.7 Å². The van der Waals surface area contributed by atoms with Gasteiger partial charge in [-0.15, -0.1) is 5.10 Å². The first-order valence-corrected chi connectivity index (χ1v) is 5.34. The average Bonchev–Trinajstić information content (AvgIpc) is 2.47. The molecule has 0 radical (unpaired) electrons. The molecule has 0 saturated heterocycles. The third-order valence-electron chi connectivity index (χ3n) is 2.09. The maximum atomic E-state index is 4.04. The zero-order valence-electron chi connectivity index (χ0n) is 9.56. The predicted molar refractivity (Wildman–Crippen MR) is 55.8 cm³/mol. The van der Waals surface area contributed by atoms with E-state index in [4.69, 9.17) is 0 Å². The van der Waals surface area contributed by atoms with Crippen LogP contribution in [0.15, 0.2) is 0 Å². The van der Waals surface area contributed by atoms with E-state index in [1.165, 1.54) is 0 Å². The van der Waals surface area contributed by atoms with Crippen molar-refractivity contribution in [3.63, 3.8) is 0 Å². The van der Waals surface area contributed by atoms with Crippen LogP contribution in [0.3, 0.4) is 0 Å². The maximum Gasteiger partial charge on any atom is 0.151 e. The summed E-state index contributed by atoms with van der Waals surface area (Å²) in [7, 11) is 0. The second-order valence-electron chi connectivity index (χ2n) is 4.60. The monoisotopic (exact) mass is 196 g/mol. The minimum atomic E-state index is 0.594. The highest BCUT2D eigenvalue weighted by Crippen LogP contribution is 2.07. The van der Waals surface area contributed by atoms with Crippen LogP contribution in [0.5, 0.6) is 0 Å². The van der Waals surface area contributed by atoms with Crippen molar-refractivity contribution in [2.75, 3.05) is 0 Å². The second kappa shape index (κ2) is 5.08. The zero-order valence-corrected chi connectivity index (χ0v) is 9.56. The van der Waals surface area contributed by atoms with E-state index < -0.39 is 0 Å². The normalized spacial score (nSPS) is 11.6. The van der Waals surface area contributed by atoms with Crippen LogP contribution in [0.2, 0.25) is 0 Å². The minimum absolute atomic E-state index is 0.594. The Balaban J connectivity index is 2.53. The summed E-state index contributed by atoms with van der Waals surface area (Å²) in [6, 6.07) is 0. The van der Waals surface area contributed by atoms with Gasteiger partial charge in [0.05, 0.1) is 0 Å². The molecule has 4 heteroatoms. The van der Waals surface area contributed by atoms with Gasteiger partial charge in [-0.2, -0.15) is 0 Å². The Bertz CT molecular complexity index is 265. The Hall–Kier alpha value is -0.930. The molecule has 0 saturated carbocycles. The summed E-state index contributed by atoms with van der Waals surface area (Å²) < 4.78 is 1.92. The van der Waals surface area contributed by atoms with E-state index in [0.29, 0.717) is 11.8 Å². The standard InChI is InChI=1S/C10H20N4/c1-8(2)5-6-10-11-12-13-14(10)7-9(3)4/h8-9H,5-7H2,1-4H3. The van der Waals surface area contributed by atoms with Crippen LogP contribution in [0.25, 0.3) is 0 Å². The van der Waals surface area contributed by atoms with Crippen LogP contribution in [0.4, 0.5) is 0 Å². The minimum Gasteiger partial charge on any atom is -0.229 e. The number of nitrogens with zero attached hydrogens (tertiary/aromatic N) is 4. The van der Waals surface area contributed by atoms with E-state index in [9.17, 15) is 0 Å². The Morgan fingerprint density at radius 3 is 2.43 bits per heavy atom. The highest BCUT2D eigenvalue weighted by atomic mass is 15.5. The number of hydrogen-bond acceptors (Lipinski definition) is 3. The molecular weight excluding hydrogens is 176 g/mol. The molecule has 0 aliphatic heterocycles. The lowest BCUT2D eigenvalue weighted by Crippen LogP contribution is -2.11. The molecule has 0 aromatic carbocycles. The van der Waals surface area contributed by atoms with Gasteiger partial charge < -0.3 is 0 Å². The van der Waals surface area contributed by atoms with Crippen molar-refractivity contribution in [2.45, 2.75) is 47.1 Å². The molecule has 1 heterocycles. The van der Waals surface area contributed by atoms with Gasteiger partial charge >= 0.3 is 0 Å². The topological polar surface area (TPSA) is 43.6 Å². The van der Waals surface area contributed by atoms with Gasteiger partial charge in [0, 0.05) is 13.0 Å². The summed E-state index contributed by atoms with van der Waals surface area (Å²) in [6.07, 6.45) is 2.13. The van der Waals surface area contributed by atoms with Crippen molar-refractivity contribution in [2.24, 2.45) is 11.8 Å². The molecule has 0 fully saturated rings. The summed E-state index contributed by atoms with van der Waals surface area (Å²) >= 11 is 0. The smallest absolute Gasteiger partial charge is 0.151 e. The Morgan fingerprint density at radius 1 is 1.14 bits per heavy atom. The zero-order chi connectivity index (χ0) is 10.6. The lowest BCUT2D eigenvalue weighted by atomic mass is 10.1. The lowest BCUT2D eigenvalue weighted by Gasteiger charge is -2.07. The summed E-state index contributed by atoms with van der Waals surface area (Å²) in [5.74, 6) is 2.32. The molecule has 1 aromatic rings. The fourth-order valence-corrected chi connectivity index (χ4v) is 1.31. The molecule has 1 rings (SSSR count). The van der Waals surface area contributed by atoms with Crippen LogP contribution < -0.4 is 0 Å². The van der Waals surface area contributed by atoms with Crippen molar-refractivity contribution in [3.05, 3.63) is 5.82 Å². The average molecular weight is 196 g/mol. The van der Waals surface area contributed by atoms with Crippen molar-refractivity contribution in [3.8, 4) is 0 Å². The van der Waals surface area contributed by atoms with Crippen molar-refractivity contribution >= 4 is 0 Å². The molecule has 0 N–H and O–H groups in total. The third-order valence-corrected chi connectivity index (χ3v) is 2.09. The molecule has 0 aliphatic rings. The van der Waals surface area contributed by atoms with E-state index >= 15 is 0 Å². The fourth-order valence-electron chi connectivity index (χ4n) is 1.31. The van der Waals surface area contributed by atoms with Crippen LogP contribution in [0.1, 0.15) is 39.9 Å². The number of rotatable bonds is 5. The number of hydrogen-bond donors (Lipinski definition) is 0. The Labute approximate surface area is 85.7 Å². The van der Waals surface area contributed by atoms with E-state index in [1.54, 1.807) is 0 Å². The van der Waals surface area contributed by atoms with Gasteiger partial charge in [-0.3, -0.25) is 0 Å². The number of aryl methyl sites for hydroxylation is 1. The molecule has 4 nitrogen and oxygen atoms in total. The molecule has 80 valence electrons. The lowest BCUT2D eigenvalue weighted by molar-refractivity contribution is 0.449. The fraction of sp³-hybridized carbons (Fsp3) is 0.900. The molecule has 0 atom stereocenters. The van der Waals surface area contributed by atoms with Gasteiger partial charge in [-0.1, -0.05) is 27.7 Å². The quantitative estimate of drug-likeness (QED) is 0.722. The summed E-state index contributed by atoms with van der Waals surface area (Å²) in [5, 5.41) is 11.7. The second-order valence-corrected chi connectivity index (χ2v) is 4.60. The van der Waals surface area contributed by atoms with Gasteiger partial charge in [0.1, 0.15) is 0 Å². The summed E-state index contributed by atoms with van der Waals surface area (Å²) in [5.41, 5.74) is 0. The molecule has 0 unspecified atom stereocenters. The largest absolute Gasteiger partial charge is 0.229 e. The van der Waals surface area contributed by atoms with Crippen LogP contribution in [-0.2, 0) is 13.0 Å². The first-order valence-electron chi connectivity index (χ1n) is 5.34. The highest BCUT2D eigenvalue weighted by molar-refractivity contribution is 4.81.